The van der Waals surface area contributed by atoms with Crippen LogP contribution in [-0.4, -0.2) is 0 Å². The molecule has 0 amide bonds. The molecule has 0 aliphatic rings. The molecule has 0 bridgehead atoms. The third-order valence-electron chi connectivity index (χ3n) is 2.30. The van der Waals surface area contributed by atoms with E-state index in [4.69, 9.17) is 17.3 Å². The highest BCUT2D eigenvalue weighted by Gasteiger charge is 2.12. The molecule has 0 radical (unpaired) electrons. The lowest BCUT2D eigenvalue weighted by Crippen LogP contribution is -2.12. The van der Waals surface area contributed by atoms with Crippen LogP contribution in [0, 0.1) is 5.82 Å². The van der Waals surface area contributed by atoms with Crippen LogP contribution >= 0.6 is 11.6 Å². The van der Waals surface area contributed by atoms with Gasteiger partial charge in [-0.1, -0.05) is 29.8 Å². The van der Waals surface area contributed by atoms with E-state index in [0.717, 1.165) is 19.3 Å². The Morgan fingerprint density at radius 2 is 2.27 bits per heavy atom. The lowest BCUT2D eigenvalue weighted by atomic mass is 10.0. The number of halogens is 2. The Hall–Kier alpha value is -0.860. The maximum absolute atomic E-state index is 13.5. The minimum absolute atomic E-state index is 0.131. The lowest BCUT2D eigenvalue weighted by Gasteiger charge is -2.12. The average molecular weight is 228 g/mol. The van der Waals surface area contributed by atoms with E-state index >= 15 is 0 Å². The van der Waals surface area contributed by atoms with Gasteiger partial charge in [0.25, 0.3) is 0 Å². The molecule has 0 spiro atoms. The molecule has 0 fully saturated rings. The van der Waals surface area contributed by atoms with Crippen LogP contribution in [0.2, 0.25) is 5.02 Å². The highest BCUT2D eigenvalue weighted by atomic mass is 35.5. The molecule has 1 rings (SSSR count). The fourth-order valence-corrected chi connectivity index (χ4v) is 1.63. The Bertz CT molecular complexity index is 338. The van der Waals surface area contributed by atoms with Crippen molar-refractivity contribution >= 4 is 11.6 Å². The van der Waals surface area contributed by atoms with Gasteiger partial charge in [-0.05, 0) is 25.3 Å². The van der Waals surface area contributed by atoms with Crippen molar-refractivity contribution in [3.63, 3.8) is 0 Å². The number of unbranched alkanes of at least 4 members (excludes halogenated alkanes) is 1. The summed E-state index contributed by atoms with van der Waals surface area (Å²) in [5.41, 5.74) is 6.36. The molecular weight excluding hydrogens is 213 g/mol. The van der Waals surface area contributed by atoms with E-state index in [2.05, 4.69) is 6.58 Å². The molecule has 1 atom stereocenters. The Kier molecular flexibility index (Phi) is 4.79. The first-order valence-corrected chi connectivity index (χ1v) is 5.35. The van der Waals surface area contributed by atoms with Crippen LogP contribution in [0.1, 0.15) is 30.9 Å². The van der Waals surface area contributed by atoms with Gasteiger partial charge in [0.1, 0.15) is 5.82 Å². The van der Waals surface area contributed by atoms with Crippen LogP contribution in [0.25, 0.3) is 0 Å². The number of allylic oxidation sites excluding steroid dienone is 1. The first-order chi connectivity index (χ1) is 7.16. The van der Waals surface area contributed by atoms with Gasteiger partial charge < -0.3 is 5.73 Å². The largest absolute Gasteiger partial charge is 0.324 e. The van der Waals surface area contributed by atoms with Crippen LogP contribution < -0.4 is 5.73 Å². The molecule has 0 aliphatic heterocycles. The normalized spacial score (nSPS) is 12.5. The molecule has 0 heterocycles. The molecule has 0 saturated carbocycles. The molecule has 0 saturated heterocycles. The van der Waals surface area contributed by atoms with Gasteiger partial charge in [0.15, 0.2) is 0 Å². The van der Waals surface area contributed by atoms with Gasteiger partial charge in [-0.3, -0.25) is 0 Å². The van der Waals surface area contributed by atoms with Gasteiger partial charge in [-0.2, -0.15) is 0 Å². The van der Waals surface area contributed by atoms with Crippen LogP contribution in [0.4, 0.5) is 4.39 Å². The summed E-state index contributed by atoms with van der Waals surface area (Å²) in [6.07, 6.45) is 4.39. The minimum Gasteiger partial charge on any atom is -0.324 e. The average Bonchev–Trinajstić information content (AvgIpc) is 2.22. The van der Waals surface area contributed by atoms with E-state index in [1.165, 1.54) is 6.07 Å². The van der Waals surface area contributed by atoms with Crippen molar-refractivity contribution in [3.8, 4) is 0 Å². The zero-order valence-corrected chi connectivity index (χ0v) is 9.30. The Morgan fingerprint density at radius 1 is 1.53 bits per heavy atom. The van der Waals surface area contributed by atoms with Gasteiger partial charge in [-0.25, -0.2) is 4.39 Å². The van der Waals surface area contributed by atoms with Crippen molar-refractivity contribution in [3.05, 3.63) is 47.3 Å². The predicted molar refractivity (Wildman–Crippen MR) is 62.4 cm³/mol. The summed E-state index contributed by atoms with van der Waals surface area (Å²) in [5, 5.41) is 0.131. The molecule has 3 heteroatoms. The van der Waals surface area contributed by atoms with Crippen LogP contribution in [0.3, 0.4) is 0 Å². The Balaban J connectivity index is 2.68. The second-order valence-electron chi connectivity index (χ2n) is 3.47. The first kappa shape index (κ1) is 12.2. The molecule has 0 aromatic heterocycles. The van der Waals surface area contributed by atoms with E-state index in [0.29, 0.717) is 5.56 Å². The second kappa shape index (κ2) is 5.89. The molecule has 1 unspecified atom stereocenters. The quantitative estimate of drug-likeness (QED) is 0.600. The molecule has 0 aliphatic carbocycles. The van der Waals surface area contributed by atoms with Crippen molar-refractivity contribution in [2.24, 2.45) is 5.73 Å². The fourth-order valence-electron chi connectivity index (χ4n) is 1.44. The van der Waals surface area contributed by atoms with E-state index in [9.17, 15) is 4.39 Å². The molecule has 1 aromatic rings. The summed E-state index contributed by atoms with van der Waals surface area (Å²) < 4.78 is 13.5. The highest BCUT2D eigenvalue weighted by molar-refractivity contribution is 6.30. The SMILES string of the molecule is C=CCCCC(N)c1cccc(Cl)c1F. The van der Waals surface area contributed by atoms with Gasteiger partial charge in [0, 0.05) is 11.6 Å². The molecule has 15 heavy (non-hydrogen) atoms. The van der Waals surface area contributed by atoms with E-state index in [-0.39, 0.29) is 11.1 Å². The Morgan fingerprint density at radius 3 is 2.93 bits per heavy atom. The predicted octanol–water partition coefficient (Wildman–Crippen LogP) is 3.84. The zero-order chi connectivity index (χ0) is 11.3. The fraction of sp³-hybridized carbons (Fsp3) is 0.333. The molecule has 1 aromatic carbocycles. The van der Waals surface area contributed by atoms with E-state index in [1.54, 1.807) is 12.1 Å². The smallest absolute Gasteiger partial charge is 0.146 e. The summed E-state index contributed by atoms with van der Waals surface area (Å²) in [7, 11) is 0. The minimum atomic E-state index is -0.398. The maximum atomic E-state index is 13.5. The molecule has 1 nitrogen and oxygen atoms in total. The van der Waals surface area contributed by atoms with E-state index < -0.39 is 5.82 Å². The summed E-state index contributed by atoms with van der Waals surface area (Å²) >= 11 is 5.67. The second-order valence-corrected chi connectivity index (χ2v) is 3.88. The van der Waals surface area contributed by atoms with Gasteiger partial charge in [0.05, 0.1) is 5.02 Å². The van der Waals surface area contributed by atoms with Crippen LogP contribution in [0.5, 0.6) is 0 Å². The van der Waals surface area contributed by atoms with Crippen molar-refractivity contribution in [2.75, 3.05) is 0 Å². The topological polar surface area (TPSA) is 26.0 Å². The monoisotopic (exact) mass is 227 g/mol. The first-order valence-electron chi connectivity index (χ1n) is 4.97. The van der Waals surface area contributed by atoms with Crippen LogP contribution in [-0.2, 0) is 0 Å². The van der Waals surface area contributed by atoms with Crippen molar-refractivity contribution in [1.82, 2.24) is 0 Å². The summed E-state index contributed by atoms with van der Waals surface area (Å²) in [6.45, 7) is 3.63. The van der Waals surface area contributed by atoms with Crippen molar-refractivity contribution in [2.45, 2.75) is 25.3 Å². The number of benzene rings is 1. The van der Waals surface area contributed by atoms with Crippen molar-refractivity contribution < 1.29 is 4.39 Å². The standard InChI is InChI=1S/C12H15ClFN/c1-2-3-4-8-11(15)9-6-5-7-10(13)12(9)14/h2,5-7,11H,1,3-4,8,15H2. The Labute approximate surface area is 94.7 Å². The molecular formula is C12H15ClFN. The molecule has 82 valence electrons. The molecule has 2 N–H and O–H groups in total. The van der Waals surface area contributed by atoms with Crippen molar-refractivity contribution in [1.29, 1.82) is 0 Å². The third kappa shape index (κ3) is 3.33. The zero-order valence-electron chi connectivity index (χ0n) is 8.55. The van der Waals surface area contributed by atoms with Gasteiger partial charge in [-0.15, -0.1) is 6.58 Å². The summed E-state index contributed by atoms with van der Waals surface area (Å²) in [5.74, 6) is -0.398. The highest BCUT2D eigenvalue weighted by Crippen LogP contribution is 2.24. The number of rotatable bonds is 5. The lowest BCUT2D eigenvalue weighted by molar-refractivity contribution is 0.553. The van der Waals surface area contributed by atoms with Crippen LogP contribution in [0.15, 0.2) is 30.9 Å². The number of hydrogen-bond donors (Lipinski definition) is 1. The maximum Gasteiger partial charge on any atom is 0.146 e. The third-order valence-corrected chi connectivity index (χ3v) is 2.60. The number of nitrogens with two attached hydrogens (primary N) is 1. The van der Waals surface area contributed by atoms with Gasteiger partial charge in [0.2, 0.25) is 0 Å². The van der Waals surface area contributed by atoms with Gasteiger partial charge >= 0.3 is 0 Å². The number of hydrogen-bond acceptors (Lipinski definition) is 1. The van der Waals surface area contributed by atoms with E-state index in [1.807, 2.05) is 6.08 Å². The summed E-state index contributed by atoms with van der Waals surface area (Å²) in [6, 6.07) is 4.63. The summed E-state index contributed by atoms with van der Waals surface area (Å²) in [4.78, 5) is 0.